The highest BCUT2D eigenvalue weighted by Crippen LogP contribution is 2.24. The molecule has 4 N–H and O–H groups in total. The van der Waals surface area contributed by atoms with Crippen LogP contribution in [0, 0.1) is 0 Å². The molecule has 2 amide bonds. The lowest BCUT2D eigenvalue weighted by Crippen LogP contribution is -2.48. The van der Waals surface area contributed by atoms with Crippen molar-refractivity contribution in [1.29, 1.82) is 0 Å². The van der Waals surface area contributed by atoms with Gasteiger partial charge in [-0.1, -0.05) is 97.4 Å². The van der Waals surface area contributed by atoms with Gasteiger partial charge in [0.25, 0.3) is 0 Å². The van der Waals surface area contributed by atoms with Gasteiger partial charge in [-0.15, -0.1) is 0 Å². The van der Waals surface area contributed by atoms with Gasteiger partial charge in [0.05, 0.1) is 12.5 Å². The molecule has 0 unspecified atom stereocenters. The average Bonchev–Trinajstić information content (AvgIpc) is 3.19. The largest absolute Gasteiger partial charge is 0.354 e. The van der Waals surface area contributed by atoms with E-state index in [0.717, 1.165) is 52.2 Å². The summed E-state index contributed by atoms with van der Waals surface area (Å²) in [6.45, 7) is 1.91. The summed E-state index contributed by atoms with van der Waals surface area (Å²) in [7, 11) is 0. The normalized spacial score (nSPS) is 17.0. The number of aldehydes is 1. The lowest BCUT2D eigenvalue weighted by atomic mass is 9.99. The first kappa shape index (κ1) is 30.1. The van der Waals surface area contributed by atoms with Crippen LogP contribution in [-0.4, -0.2) is 54.7 Å². The smallest absolute Gasteiger partial charge is 0.240 e. The quantitative estimate of drug-likeness (QED) is 0.165. The van der Waals surface area contributed by atoms with Crippen molar-refractivity contribution in [1.82, 2.24) is 15.5 Å². The van der Waals surface area contributed by atoms with Crippen LogP contribution in [0.25, 0.3) is 21.9 Å². The number of nitrogens with one attached hydrogen (secondary N) is 2. The fourth-order valence-corrected chi connectivity index (χ4v) is 5.85. The molecule has 43 heavy (non-hydrogen) atoms. The van der Waals surface area contributed by atoms with Crippen molar-refractivity contribution in [2.75, 3.05) is 19.6 Å². The average molecular weight is 577 g/mol. The zero-order valence-corrected chi connectivity index (χ0v) is 24.5. The van der Waals surface area contributed by atoms with Crippen molar-refractivity contribution in [3.63, 3.8) is 0 Å². The maximum absolute atomic E-state index is 13.7. The molecule has 222 valence electrons. The Morgan fingerprint density at radius 2 is 1.67 bits per heavy atom. The molecule has 7 heteroatoms. The molecule has 1 fully saturated rings. The summed E-state index contributed by atoms with van der Waals surface area (Å²) >= 11 is 0. The number of carbonyl (C=O) groups is 3. The SMILES string of the molecule is NCCCC[C@@H]1N[C@H](CNC(=O)Cc2ccc(-c3ccccc3)cc2)CCN(Cc2ccc3ccccc3c2C=O)C1=O. The second kappa shape index (κ2) is 14.7. The zero-order valence-electron chi connectivity index (χ0n) is 24.5. The van der Waals surface area contributed by atoms with Gasteiger partial charge in [-0.05, 0) is 58.8 Å². The molecule has 1 aliphatic heterocycles. The molecular weight excluding hydrogens is 536 g/mol. The number of rotatable bonds is 12. The van der Waals surface area contributed by atoms with E-state index in [1.54, 1.807) is 0 Å². The second-order valence-corrected chi connectivity index (χ2v) is 11.3. The van der Waals surface area contributed by atoms with Crippen molar-refractivity contribution in [2.45, 2.75) is 50.7 Å². The van der Waals surface area contributed by atoms with Crippen molar-refractivity contribution >= 4 is 28.9 Å². The number of nitrogens with zero attached hydrogens (tertiary/aromatic N) is 1. The molecule has 0 bridgehead atoms. The molecule has 1 aliphatic rings. The van der Waals surface area contributed by atoms with Crippen LogP contribution in [0.3, 0.4) is 0 Å². The number of hydrogen-bond acceptors (Lipinski definition) is 5. The van der Waals surface area contributed by atoms with E-state index in [0.29, 0.717) is 51.0 Å². The van der Waals surface area contributed by atoms with Crippen LogP contribution >= 0.6 is 0 Å². The lowest BCUT2D eigenvalue weighted by molar-refractivity contribution is -0.133. The Morgan fingerprint density at radius 1 is 0.930 bits per heavy atom. The molecule has 4 aromatic carbocycles. The third kappa shape index (κ3) is 7.74. The molecular formula is C36H40N4O3. The molecule has 2 atom stereocenters. The first-order valence-electron chi connectivity index (χ1n) is 15.2. The van der Waals surface area contributed by atoms with Gasteiger partial charge >= 0.3 is 0 Å². The van der Waals surface area contributed by atoms with Crippen molar-refractivity contribution in [3.8, 4) is 11.1 Å². The van der Waals surface area contributed by atoms with Crippen molar-refractivity contribution in [2.24, 2.45) is 5.73 Å². The Labute approximate surface area is 253 Å². The highest BCUT2D eigenvalue weighted by atomic mass is 16.2. The Balaban J connectivity index is 1.22. The molecule has 0 aliphatic carbocycles. The predicted molar refractivity (Wildman–Crippen MR) is 172 cm³/mol. The monoisotopic (exact) mass is 576 g/mol. The van der Waals surface area contributed by atoms with Gasteiger partial charge in [-0.25, -0.2) is 0 Å². The van der Waals surface area contributed by atoms with Gasteiger partial charge < -0.3 is 21.3 Å². The molecule has 0 radical (unpaired) electrons. The summed E-state index contributed by atoms with van der Waals surface area (Å²) in [6, 6.07) is 29.6. The van der Waals surface area contributed by atoms with E-state index >= 15 is 0 Å². The minimum Gasteiger partial charge on any atom is -0.354 e. The van der Waals surface area contributed by atoms with Crippen LogP contribution in [0.1, 0.15) is 47.2 Å². The summed E-state index contributed by atoms with van der Waals surface area (Å²) in [5.41, 5.74) is 10.4. The lowest BCUT2D eigenvalue weighted by Gasteiger charge is -2.25. The van der Waals surface area contributed by atoms with Crippen LogP contribution < -0.4 is 16.4 Å². The highest BCUT2D eigenvalue weighted by molar-refractivity contribution is 5.99. The van der Waals surface area contributed by atoms with Gasteiger partial charge in [0.2, 0.25) is 11.8 Å². The summed E-state index contributed by atoms with van der Waals surface area (Å²) < 4.78 is 0. The molecule has 7 nitrogen and oxygen atoms in total. The fraction of sp³-hybridized carbons (Fsp3) is 0.306. The van der Waals surface area contributed by atoms with Gasteiger partial charge in [0.15, 0.2) is 6.29 Å². The molecule has 4 aromatic rings. The van der Waals surface area contributed by atoms with Gasteiger partial charge in [-0.2, -0.15) is 0 Å². The van der Waals surface area contributed by atoms with Crippen molar-refractivity contribution < 1.29 is 14.4 Å². The summed E-state index contributed by atoms with van der Waals surface area (Å²) in [4.78, 5) is 40.6. The summed E-state index contributed by atoms with van der Waals surface area (Å²) in [6.07, 6.45) is 4.23. The van der Waals surface area contributed by atoms with Gasteiger partial charge in [0, 0.05) is 31.2 Å². The zero-order chi connectivity index (χ0) is 30.0. The molecule has 1 saturated heterocycles. The van der Waals surface area contributed by atoms with Crippen LogP contribution in [0.4, 0.5) is 0 Å². The molecule has 0 aromatic heterocycles. The Hall–Kier alpha value is -4.33. The van der Waals surface area contributed by atoms with Gasteiger partial charge in [0.1, 0.15) is 0 Å². The van der Waals surface area contributed by atoms with E-state index in [1.807, 2.05) is 83.8 Å². The predicted octanol–water partition coefficient (Wildman–Crippen LogP) is 4.87. The Kier molecular flexibility index (Phi) is 10.3. The highest BCUT2D eigenvalue weighted by Gasteiger charge is 2.31. The van der Waals surface area contributed by atoms with Crippen LogP contribution in [0.15, 0.2) is 91.0 Å². The fourth-order valence-electron chi connectivity index (χ4n) is 5.85. The number of amides is 2. The topological polar surface area (TPSA) is 105 Å². The number of benzene rings is 4. The number of hydrogen-bond donors (Lipinski definition) is 3. The standard InChI is InChI=1S/C36H40N4O3/c37-20-7-6-12-34-36(43)40(24-30-18-17-29-10-4-5-11-32(29)33(30)25-41)21-19-31(39-34)23-38-35(42)22-26-13-15-28(16-14-26)27-8-2-1-3-9-27/h1-5,8-11,13-18,25,31,34,39H,6-7,12,19-24,37H2,(H,38,42)/t31-,34-/m0/s1. The Bertz CT molecular complexity index is 1540. The molecule has 0 saturated carbocycles. The van der Waals surface area contributed by atoms with E-state index in [1.165, 1.54) is 0 Å². The van der Waals surface area contributed by atoms with E-state index in [4.69, 9.17) is 5.73 Å². The van der Waals surface area contributed by atoms with Crippen LogP contribution in [0.2, 0.25) is 0 Å². The number of unbranched alkanes of at least 4 members (excludes halogenated alkanes) is 1. The number of fused-ring (bicyclic) bond motifs is 1. The first-order valence-corrected chi connectivity index (χ1v) is 15.2. The minimum absolute atomic E-state index is 0.0226. The van der Waals surface area contributed by atoms with E-state index in [2.05, 4.69) is 22.8 Å². The van der Waals surface area contributed by atoms with E-state index in [-0.39, 0.29) is 23.9 Å². The van der Waals surface area contributed by atoms with Gasteiger partial charge in [-0.3, -0.25) is 14.4 Å². The first-order chi connectivity index (χ1) is 21.1. The maximum atomic E-state index is 13.7. The molecule has 5 rings (SSSR count). The molecule has 0 spiro atoms. The summed E-state index contributed by atoms with van der Waals surface area (Å²) in [5, 5.41) is 8.50. The third-order valence-corrected chi connectivity index (χ3v) is 8.25. The Morgan fingerprint density at radius 3 is 2.44 bits per heavy atom. The molecule has 1 heterocycles. The van der Waals surface area contributed by atoms with Crippen molar-refractivity contribution in [3.05, 3.63) is 108 Å². The second-order valence-electron chi connectivity index (χ2n) is 11.3. The van der Waals surface area contributed by atoms with E-state index < -0.39 is 0 Å². The van der Waals surface area contributed by atoms with Crippen LogP contribution in [0.5, 0.6) is 0 Å². The maximum Gasteiger partial charge on any atom is 0.240 e. The summed E-state index contributed by atoms with van der Waals surface area (Å²) in [5.74, 6) is -0.0254. The number of carbonyl (C=O) groups excluding carboxylic acids is 3. The van der Waals surface area contributed by atoms with E-state index in [9.17, 15) is 14.4 Å². The number of nitrogens with two attached hydrogens (primary N) is 1. The third-order valence-electron chi connectivity index (χ3n) is 8.25. The minimum atomic E-state index is -0.373. The van der Waals surface area contributed by atoms with Crippen LogP contribution in [-0.2, 0) is 22.6 Å².